The van der Waals surface area contributed by atoms with E-state index < -0.39 is 11.9 Å². The first-order chi connectivity index (χ1) is 8.04. The van der Waals surface area contributed by atoms with E-state index in [1.54, 1.807) is 0 Å². The molecule has 0 spiro atoms. The van der Waals surface area contributed by atoms with Gasteiger partial charge in [-0.2, -0.15) is 0 Å². The van der Waals surface area contributed by atoms with Crippen molar-refractivity contribution in [2.75, 3.05) is 13.1 Å². The molecule has 0 aromatic carbocycles. The second kappa shape index (κ2) is 14.9. The Balaban J connectivity index is 0. The Bertz CT molecular complexity index is 178. The predicted molar refractivity (Wildman–Crippen MR) is 65.7 cm³/mol. The van der Waals surface area contributed by atoms with Crippen LogP contribution in [0, 0.1) is 0 Å². The van der Waals surface area contributed by atoms with Crippen molar-refractivity contribution >= 4 is 11.9 Å². The quantitative estimate of drug-likeness (QED) is 0.447. The molecule has 0 aromatic rings. The summed E-state index contributed by atoms with van der Waals surface area (Å²) >= 11 is 0. The zero-order valence-corrected chi connectivity index (χ0v) is 10.2. The molecule has 0 heterocycles. The second-order valence-electron chi connectivity index (χ2n) is 3.63. The number of carbonyl (C=O) groups is 2. The summed E-state index contributed by atoms with van der Waals surface area (Å²) in [6.45, 7) is 1.19. The topological polar surface area (TPSA) is 127 Å². The second-order valence-corrected chi connectivity index (χ2v) is 3.63. The highest BCUT2D eigenvalue weighted by atomic mass is 16.4. The monoisotopic (exact) mass is 248 g/mol. The molecule has 0 fully saturated rings. The molecule has 102 valence electrons. The molecule has 6 N–H and O–H groups in total. The summed E-state index contributed by atoms with van der Waals surface area (Å²) in [5.41, 5.74) is 9.81. The van der Waals surface area contributed by atoms with Crippen molar-refractivity contribution in [3.63, 3.8) is 0 Å². The van der Waals surface area contributed by atoms with Gasteiger partial charge in [-0.25, -0.2) is 0 Å². The fourth-order valence-corrected chi connectivity index (χ4v) is 1.08. The SMILES string of the molecule is NCCN.O=C(O)CCCCCCCC(=O)O. The van der Waals surface area contributed by atoms with Gasteiger partial charge in [-0.05, 0) is 12.8 Å². The Labute approximate surface area is 102 Å². The van der Waals surface area contributed by atoms with Crippen LogP contribution in [0.15, 0.2) is 0 Å². The minimum Gasteiger partial charge on any atom is -0.481 e. The van der Waals surface area contributed by atoms with Gasteiger partial charge >= 0.3 is 11.9 Å². The lowest BCUT2D eigenvalue weighted by Gasteiger charge is -1.97. The van der Waals surface area contributed by atoms with Crippen molar-refractivity contribution in [1.82, 2.24) is 0 Å². The summed E-state index contributed by atoms with van der Waals surface area (Å²) in [5, 5.41) is 16.6. The first-order valence-electron chi connectivity index (χ1n) is 5.88. The van der Waals surface area contributed by atoms with Gasteiger partial charge in [0.2, 0.25) is 0 Å². The van der Waals surface area contributed by atoms with Crippen molar-refractivity contribution in [2.45, 2.75) is 44.9 Å². The molecule has 0 amide bonds. The highest BCUT2D eigenvalue weighted by Crippen LogP contribution is 2.06. The standard InChI is InChI=1S/C9H16O4.C2H8N2/c10-8(11)6-4-2-1-3-5-7-9(12)13;3-1-2-4/h1-7H2,(H,10,11)(H,12,13);1-4H2. The van der Waals surface area contributed by atoms with Gasteiger partial charge in [0.05, 0.1) is 0 Å². The van der Waals surface area contributed by atoms with Crippen molar-refractivity contribution in [3.8, 4) is 0 Å². The lowest BCUT2D eigenvalue weighted by molar-refractivity contribution is -0.138. The zero-order valence-electron chi connectivity index (χ0n) is 10.2. The van der Waals surface area contributed by atoms with Crippen LogP contribution in [0.1, 0.15) is 44.9 Å². The first kappa shape index (κ1) is 18.2. The van der Waals surface area contributed by atoms with E-state index in [1.165, 1.54) is 0 Å². The van der Waals surface area contributed by atoms with Crippen LogP contribution in [0.4, 0.5) is 0 Å². The predicted octanol–water partition coefficient (Wildman–Crippen LogP) is 0.790. The maximum Gasteiger partial charge on any atom is 0.303 e. The van der Waals surface area contributed by atoms with Gasteiger partial charge in [0, 0.05) is 25.9 Å². The van der Waals surface area contributed by atoms with Gasteiger partial charge in [0.15, 0.2) is 0 Å². The molecule has 0 aromatic heterocycles. The highest BCUT2D eigenvalue weighted by Gasteiger charge is 1.98. The van der Waals surface area contributed by atoms with Crippen LogP contribution in [-0.4, -0.2) is 35.2 Å². The van der Waals surface area contributed by atoms with Gasteiger partial charge in [-0.3, -0.25) is 9.59 Å². The number of hydrogen-bond donors (Lipinski definition) is 4. The lowest BCUT2D eigenvalue weighted by atomic mass is 10.1. The minimum absolute atomic E-state index is 0.221. The number of carboxylic acid groups (broad SMARTS) is 2. The van der Waals surface area contributed by atoms with Gasteiger partial charge in [0.25, 0.3) is 0 Å². The van der Waals surface area contributed by atoms with E-state index in [9.17, 15) is 9.59 Å². The average molecular weight is 248 g/mol. The van der Waals surface area contributed by atoms with E-state index >= 15 is 0 Å². The van der Waals surface area contributed by atoms with E-state index in [2.05, 4.69) is 0 Å². The molecule has 0 saturated carbocycles. The smallest absolute Gasteiger partial charge is 0.303 e. The third-order valence-corrected chi connectivity index (χ3v) is 1.95. The Hall–Kier alpha value is -1.14. The van der Waals surface area contributed by atoms with E-state index in [4.69, 9.17) is 21.7 Å². The molecule has 17 heavy (non-hydrogen) atoms. The molecule has 0 rings (SSSR count). The summed E-state index contributed by atoms with van der Waals surface area (Å²) in [6, 6.07) is 0. The Morgan fingerprint density at radius 1 is 0.706 bits per heavy atom. The number of unbranched alkanes of at least 4 members (excludes halogenated alkanes) is 4. The molecular formula is C11H24N2O4. The van der Waals surface area contributed by atoms with Crippen LogP contribution in [0.3, 0.4) is 0 Å². The van der Waals surface area contributed by atoms with Crippen molar-refractivity contribution in [3.05, 3.63) is 0 Å². The molecule has 0 aliphatic rings. The van der Waals surface area contributed by atoms with Gasteiger partial charge in [-0.1, -0.05) is 19.3 Å². The number of nitrogens with two attached hydrogens (primary N) is 2. The molecule has 6 nitrogen and oxygen atoms in total. The van der Waals surface area contributed by atoms with E-state index in [1.807, 2.05) is 0 Å². The summed E-state index contributed by atoms with van der Waals surface area (Å²) in [5.74, 6) is -1.52. The average Bonchev–Trinajstić information content (AvgIpc) is 2.27. The van der Waals surface area contributed by atoms with Crippen LogP contribution >= 0.6 is 0 Å². The fraction of sp³-hybridized carbons (Fsp3) is 0.818. The molecule has 0 atom stereocenters. The van der Waals surface area contributed by atoms with Crippen LogP contribution in [0.25, 0.3) is 0 Å². The Morgan fingerprint density at radius 2 is 1.00 bits per heavy atom. The van der Waals surface area contributed by atoms with Gasteiger partial charge in [-0.15, -0.1) is 0 Å². The summed E-state index contributed by atoms with van der Waals surface area (Å²) in [4.78, 5) is 20.2. The molecule has 0 unspecified atom stereocenters. The van der Waals surface area contributed by atoms with Crippen LogP contribution in [0.5, 0.6) is 0 Å². The zero-order chi connectivity index (χ0) is 13.5. The van der Waals surface area contributed by atoms with Crippen molar-refractivity contribution < 1.29 is 19.8 Å². The molecular weight excluding hydrogens is 224 g/mol. The molecule has 0 aliphatic carbocycles. The maximum atomic E-state index is 10.1. The third-order valence-electron chi connectivity index (χ3n) is 1.95. The van der Waals surface area contributed by atoms with Crippen LogP contribution < -0.4 is 11.5 Å². The third kappa shape index (κ3) is 25.3. The number of carboxylic acids is 2. The van der Waals surface area contributed by atoms with Crippen molar-refractivity contribution in [2.24, 2.45) is 11.5 Å². The Morgan fingerprint density at radius 3 is 1.24 bits per heavy atom. The number of aliphatic carboxylic acids is 2. The molecule has 0 aliphatic heterocycles. The van der Waals surface area contributed by atoms with E-state index in [0.29, 0.717) is 25.9 Å². The maximum absolute atomic E-state index is 10.1. The molecule has 0 saturated heterocycles. The summed E-state index contributed by atoms with van der Waals surface area (Å²) in [7, 11) is 0. The Kier molecular flexibility index (Phi) is 15.9. The number of hydrogen-bond acceptors (Lipinski definition) is 4. The highest BCUT2D eigenvalue weighted by molar-refractivity contribution is 5.66. The summed E-state index contributed by atoms with van der Waals surface area (Å²) < 4.78 is 0. The molecule has 0 bridgehead atoms. The fourth-order valence-electron chi connectivity index (χ4n) is 1.08. The number of rotatable bonds is 9. The molecule has 0 radical (unpaired) electrons. The first-order valence-corrected chi connectivity index (χ1v) is 5.88. The lowest BCUT2D eigenvalue weighted by Crippen LogP contribution is -2.11. The summed E-state index contributed by atoms with van der Waals surface area (Å²) in [6.07, 6.45) is 4.53. The molecule has 6 heteroatoms. The normalized spacial score (nSPS) is 9.29. The largest absolute Gasteiger partial charge is 0.481 e. The van der Waals surface area contributed by atoms with E-state index in [0.717, 1.165) is 19.3 Å². The van der Waals surface area contributed by atoms with Gasteiger partial charge in [0.1, 0.15) is 0 Å². The minimum atomic E-state index is -0.759. The van der Waals surface area contributed by atoms with Crippen molar-refractivity contribution in [1.29, 1.82) is 0 Å². The van der Waals surface area contributed by atoms with Crippen LogP contribution in [-0.2, 0) is 9.59 Å². The van der Waals surface area contributed by atoms with E-state index in [-0.39, 0.29) is 12.8 Å². The van der Waals surface area contributed by atoms with Crippen LogP contribution in [0.2, 0.25) is 0 Å². The van der Waals surface area contributed by atoms with Gasteiger partial charge < -0.3 is 21.7 Å².